The Bertz CT molecular complexity index is 745. The molecule has 0 spiro atoms. The lowest BCUT2D eigenvalue weighted by Crippen LogP contribution is -2.20. The van der Waals surface area contributed by atoms with Crippen molar-refractivity contribution < 1.29 is 9.90 Å². The third kappa shape index (κ3) is 3.74. The van der Waals surface area contributed by atoms with E-state index in [-0.39, 0.29) is 0 Å². The molecule has 1 unspecified atom stereocenters. The first-order valence-electron chi connectivity index (χ1n) is 8.26. The number of likely N-dealkylation sites (tertiary alicyclic amines) is 1. The second kappa shape index (κ2) is 7.01. The van der Waals surface area contributed by atoms with Crippen LogP contribution in [0.2, 0.25) is 0 Å². The maximum Gasteiger partial charge on any atom is 0.335 e. The van der Waals surface area contributed by atoms with Crippen LogP contribution in [0.3, 0.4) is 0 Å². The van der Waals surface area contributed by atoms with Crippen molar-refractivity contribution in [2.75, 3.05) is 25.5 Å². The van der Waals surface area contributed by atoms with E-state index in [1.54, 1.807) is 12.1 Å². The Morgan fingerprint density at radius 3 is 2.96 bits per heavy atom. The summed E-state index contributed by atoms with van der Waals surface area (Å²) in [6, 6.07) is 11.4. The van der Waals surface area contributed by atoms with Gasteiger partial charge in [-0.3, -0.25) is 9.88 Å². The first kappa shape index (κ1) is 16.5. The molecule has 1 aromatic heterocycles. The molecule has 5 heteroatoms. The van der Waals surface area contributed by atoms with Gasteiger partial charge >= 0.3 is 5.97 Å². The lowest BCUT2D eigenvalue weighted by molar-refractivity contribution is 0.0696. The molecule has 0 radical (unpaired) electrons. The van der Waals surface area contributed by atoms with Crippen LogP contribution in [0, 0.1) is 6.92 Å². The number of aromatic carboxylic acids is 1. The molecule has 1 atom stereocenters. The molecule has 1 saturated heterocycles. The van der Waals surface area contributed by atoms with Crippen molar-refractivity contribution in [2.24, 2.45) is 0 Å². The zero-order chi connectivity index (χ0) is 17.1. The molecule has 2 heterocycles. The monoisotopic (exact) mass is 325 g/mol. The van der Waals surface area contributed by atoms with Gasteiger partial charge in [-0.2, -0.15) is 0 Å². The third-order valence-electron chi connectivity index (χ3n) is 4.53. The number of carboxylic acid groups (broad SMARTS) is 1. The van der Waals surface area contributed by atoms with Crippen molar-refractivity contribution in [3.63, 3.8) is 0 Å². The number of benzene rings is 1. The van der Waals surface area contributed by atoms with Crippen molar-refractivity contribution in [1.82, 2.24) is 9.88 Å². The van der Waals surface area contributed by atoms with Crippen LogP contribution < -0.4 is 5.32 Å². The maximum atomic E-state index is 11.1. The zero-order valence-corrected chi connectivity index (χ0v) is 14.1. The molecular weight excluding hydrogens is 302 g/mol. The predicted octanol–water partition coefficient (Wildman–Crippen LogP) is 3.12. The summed E-state index contributed by atoms with van der Waals surface area (Å²) in [5.41, 5.74) is 4.67. The number of aromatic nitrogens is 1. The smallest absolute Gasteiger partial charge is 0.335 e. The van der Waals surface area contributed by atoms with E-state index < -0.39 is 5.97 Å². The molecule has 1 aliphatic rings. The number of carbonyl (C=O) groups is 1. The molecule has 3 rings (SSSR count). The molecule has 1 fully saturated rings. The van der Waals surface area contributed by atoms with Gasteiger partial charge in [0.15, 0.2) is 0 Å². The lowest BCUT2D eigenvalue weighted by Gasteiger charge is -2.17. The van der Waals surface area contributed by atoms with Crippen molar-refractivity contribution in [3.05, 3.63) is 58.9 Å². The fraction of sp³-hybridized carbons (Fsp3) is 0.368. The molecular formula is C19H23N3O2. The molecule has 0 aliphatic carbocycles. The van der Waals surface area contributed by atoms with E-state index in [2.05, 4.69) is 16.3 Å². The van der Waals surface area contributed by atoms with Crippen LogP contribution >= 0.6 is 0 Å². The number of carboxylic acids is 1. The van der Waals surface area contributed by atoms with Crippen LogP contribution in [0.4, 0.5) is 5.69 Å². The fourth-order valence-corrected chi connectivity index (χ4v) is 3.33. The van der Waals surface area contributed by atoms with Crippen LogP contribution in [-0.4, -0.2) is 41.1 Å². The van der Waals surface area contributed by atoms with Crippen molar-refractivity contribution in [1.29, 1.82) is 0 Å². The largest absolute Gasteiger partial charge is 0.478 e. The highest BCUT2D eigenvalue weighted by molar-refractivity contribution is 5.87. The van der Waals surface area contributed by atoms with Gasteiger partial charge in [0.2, 0.25) is 0 Å². The number of hydrogen-bond acceptors (Lipinski definition) is 4. The van der Waals surface area contributed by atoms with E-state index in [4.69, 9.17) is 10.1 Å². The number of anilines is 1. The van der Waals surface area contributed by atoms with Gasteiger partial charge in [0.05, 0.1) is 5.56 Å². The minimum atomic E-state index is -0.875. The number of rotatable bonds is 5. The molecule has 1 aromatic carbocycles. The van der Waals surface area contributed by atoms with E-state index in [0.717, 1.165) is 48.7 Å². The number of hydrogen-bond donors (Lipinski definition) is 2. The van der Waals surface area contributed by atoms with E-state index in [1.165, 1.54) is 0 Å². The fourth-order valence-electron chi connectivity index (χ4n) is 3.33. The highest BCUT2D eigenvalue weighted by Crippen LogP contribution is 2.28. The molecule has 0 amide bonds. The Hall–Kier alpha value is -2.40. The molecule has 5 nitrogen and oxygen atoms in total. The van der Waals surface area contributed by atoms with Crippen molar-refractivity contribution >= 4 is 11.7 Å². The van der Waals surface area contributed by atoms with Gasteiger partial charge in [0.1, 0.15) is 0 Å². The van der Waals surface area contributed by atoms with E-state index >= 15 is 0 Å². The minimum absolute atomic E-state index is 0.349. The Balaban J connectivity index is 1.68. The Kier molecular flexibility index (Phi) is 4.81. The first-order chi connectivity index (χ1) is 11.5. The molecule has 2 N–H and O–H groups in total. The van der Waals surface area contributed by atoms with Gasteiger partial charge in [-0.15, -0.1) is 0 Å². The molecule has 24 heavy (non-hydrogen) atoms. The van der Waals surface area contributed by atoms with Crippen molar-refractivity contribution in [2.45, 2.75) is 25.8 Å². The molecule has 1 aliphatic heterocycles. The Morgan fingerprint density at radius 2 is 2.21 bits per heavy atom. The quantitative estimate of drug-likeness (QED) is 0.884. The van der Waals surface area contributed by atoms with Crippen LogP contribution in [0.1, 0.15) is 39.6 Å². The van der Waals surface area contributed by atoms with Crippen LogP contribution in [0.25, 0.3) is 0 Å². The summed E-state index contributed by atoms with van der Waals surface area (Å²) < 4.78 is 0. The Labute approximate surface area is 142 Å². The Morgan fingerprint density at radius 1 is 1.38 bits per heavy atom. The SMILES string of the molecule is CNc1cc(C)nc(C2CCN(Cc3cccc(C(=O)O)c3)C2)c1. The third-order valence-corrected chi connectivity index (χ3v) is 4.53. The van der Waals surface area contributed by atoms with Gasteiger partial charge in [-0.1, -0.05) is 12.1 Å². The van der Waals surface area contributed by atoms with Gasteiger partial charge in [-0.05, 0) is 49.7 Å². The summed E-state index contributed by atoms with van der Waals surface area (Å²) >= 11 is 0. The minimum Gasteiger partial charge on any atom is -0.478 e. The van der Waals surface area contributed by atoms with Crippen LogP contribution in [0.15, 0.2) is 36.4 Å². The first-order valence-corrected chi connectivity index (χ1v) is 8.26. The van der Waals surface area contributed by atoms with Gasteiger partial charge in [0.25, 0.3) is 0 Å². The number of pyridine rings is 1. The molecule has 0 saturated carbocycles. The predicted molar refractivity (Wildman–Crippen MR) is 94.6 cm³/mol. The zero-order valence-electron chi connectivity index (χ0n) is 14.1. The van der Waals surface area contributed by atoms with E-state index in [9.17, 15) is 4.79 Å². The summed E-state index contributed by atoms with van der Waals surface area (Å²) in [5.74, 6) is -0.445. The summed E-state index contributed by atoms with van der Waals surface area (Å²) in [6.45, 7) is 4.76. The lowest BCUT2D eigenvalue weighted by atomic mass is 10.0. The molecule has 2 aromatic rings. The van der Waals surface area contributed by atoms with E-state index in [1.807, 2.05) is 32.2 Å². The highest BCUT2D eigenvalue weighted by atomic mass is 16.4. The summed E-state index contributed by atoms with van der Waals surface area (Å²) in [4.78, 5) is 18.2. The van der Waals surface area contributed by atoms with Crippen molar-refractivity contribution in [3.8, 4) is 0 Å². The maximum absolute atomic E-state index is 11.1. The standard InChI is InChI=1S/C19H23N3O2/c1-13-8-17(20-2)10-18(21-13)16-6-7-22(12-16)11-14-4-3-5-15(9-14)19(23)24/h3-5,8-10,16H,6-7,11-12H2,1-2H3,(H,20,21)(H,23,24). The molecule has 126 valence electrons. The second-order valence-electron chi connectivity index (χ2n) is 6.40. The van der Waals surface area contributed by atoms with Crippen LogP contribution in [0.5, 0.6) is 0 Å². The summed E-state index contributed by atoms with van der Waals surface area (Å²) in [7, 11) is 1.93. The van der Waals surface area contributed by atoms with Crippen LogP contribution in [-0.2, 0) is 6.54 Å². The van der Waals surface area contributed by atoms with Gasteiger partial charge in [-0.25, -0.2) is 4.79 Å². The van der Waals surface area contributed by atoms with Gasteiger partial charge in [0, 0.05) is 43.1 Å². The van der Waals surface area contributed by atoms with E-state index in [0.29, 0.717) is 11.5 Å². The normalized spacial score (nSPS) is 17.8. The highest BCUT2D eigenvalue weighted by Gasteiger charge is 2.25. The molecule has 0 bridgehead atoms. The summed E-state index contributed by atoms with van der Waals surface area (Å²) in [5, 5.41) is 12.3. The average molecular weight is 325 g/mol. The topological polar surface area (TPSA) is 65.5 Å². The number of nitrogens with one attached hydrogen (secondary N) is 1. The second-order valence-corrected chi connectivity index (χ2v) is 6.40. The number of aryl methyl sites for hydroxylation is 1. The van der Waals surface area contributed by atoms with Gasteiger partial charge < -0.3 is 10.4 Å². The number of nitrogens with zero attached hydrogens (tertiary/aromatic N) is 2. The average Bonchev–Trinajstić information content (AvgIpc) is 3.03. The summed E-state index contributed by atoms with van der Waals surface area (Å²) in [6.07, 6.45) is 1.08.